The van der Waals surface area contributed by atoms with Gasteiger partial charge >= 0.3 is 12.2 Å². The molecule has 1 nitrogen and oxygen atoms in total. The zero-order chi connectivity index (χ0) is 7.00. The Morgan fingerprint density at radius 1 is 0.875 bits per heavy atom. The Kier molecular flexibility index (Phi) is 1.47. The fourth-order valence-electron chi connectivity index (χ4n) is 0. The molecule has 0 aliphatic heterocycles. The molecule has 0 amide bonds. The summed E-state index contributed by atoms with van der Waals surface area (Å²) in [5, 5.41) is 0. The lowest BCUT2D eigenvalue weighted by Gasteiger charge is -2.12. The van der Waals surface area contributed by atoms with Crippen molar-refractivity contribution in [3.63, 3.8) is 0 Å². The maximum absolute atomic E-state index is 10.9. The van der Waals surface area contributed by atoms with E-state index in [1.165, 1.54) is 0 Å². The Hall–Kier alpha value is -0.390. The number of nitrogens with two attached hydrogens (primary N) is 1. The van der Waals surface area contributed by atoms with Crippen LogP contribution in [0.25, 0.3) is 0 Å². The molecule has 0 heterocycles. The van der Waals surface area contributed by atoms with Crippen molar-refractivity contribution in [2.75, 3.05) is 0 Å². The fraction of sp³-hybridized carbons (Fsp3) is 1.00. The molecule has 0 aromatic heterocycles. The fourth-order valence-corrected chi connectivity index (χ4v) is 0. The zero-order valence-electron chi connectivity index (χ0n) is 3.47. The van der Waals surface area contributed by atoms with Gasteiger partial charge in [0.2, 0.25) is 0 Å². The molecule has 2 N–H and O–H groups in total. The van der Waals surface area contributed by atoms with Crippen molar-refractivity contribution in [1.29, 1.82) is 0 Å². The van der Waals surface area contributed by atoms with Crippen molar-refractivity contribution >= 4 is 0 Å². The van der Waals surface area contributed by atoms with Gasteiger partial charge in [-0.15, -0.1) is 0 Å². The molecule has 0 aromatic carbocycles. The van der Waals surface area contributed by atoms with E-state index < -0.39 is 12.2 Å². The highest BCUT2D eigenvalue weighted by Crippen LogP contribution is 2.29. The zero-order valence-corrected chi connectivity index (χ0v) is 3.47. The third kappa shape index (κ3) is 1.61. The lowest BCUT2D eigenvalue weighted by atomic mass is 10.6. The van der Waals surface area contributed by atoms with E-state index in [1.807, 2.05) is 0 Å². The van der Waals surface area contributed by atoms with Crippen molar-refractivity contribution in [3.05, 3.63) is 0 Å². The summed E-state index contributed by atoms with van der Waals surface area (Å²) in [5.41, 5.74) is 3.35. The number of hydrogen-bond acceptors (Lipinski definition) is 1. The van der Waals surface area contributed by atoms with E-state index in [0.717, 1.165) is 0 Å². The van der Waals surface area contributed by atoms with Crippen molar-refractivity contribution in [2.45, 2.75) is 12.2 Å². The largest absolute Gasteiger partial charge is 0.468 e. The maximum Gasteiger partial charge on any atom is 0.468 e. The number of hydrogen-bond donors (Lipinski definition) is 1. The van der Waals surface area contributed by atoms with E-state index in [-0.39, 0.29) is 0 Å². The molecule has 0 radical (unpaired) electrons. The van der Waals surface area contributed by atoms with E-state index in [4.69, 9.17) is 0 Å². The highest BCUT2D eigenvalue weighted by atomic mass is 19.4. The first-order chi connectivity index (χ1) is 3.25. The molecule has 0 unspecified atom stereocenters. The first-order valence-electron chi connectivity index (χ1n) is 1.48. The van der Waals surface area contributed by atoms with Gasteiger partial charge in [0, 0.05) is 0 Å². The molecule has 0 aromatic rings. The third-order valence-corrected chi connectivity index (χ3v) is 0.378. The van der Waals surface area contributed by atoms with Crippen LogP contribution in [0.3, 0.4) is 0 Å². The average molecular weight is 135 g/mol. The molecule has 6 heteroatoms. The summed E-state index contributed by atoms with van der Waals surface area (Å²) in [6.45, 7) is 0. The Morgan fingerprint density at radius 3 is 1.00 bits per heavy atom. The van der Waals surface area contributed by atoms with Gasteiger partial charge in [-0.1, -0.05) is 0 Å². The van der Waals surface area contributed by atoms with Crippen LogP contribution in [0, 0.1) is 0 Å². The van der Waals surface area contributed by atoms with Gasteiger partial charge in [0.1, 0.15) is 0 Å². The van der Waals surface area contributed by atoms with Crippen LogP contribution in [0.1, 0.15) is 0 Å². The van der Waals surface area contributed by atoms with Crippen LogP contribution in [0.4, 0.5) is 22.0 Å². The lowest BCUT2D eigenvalue weighted by molar-refractivity contribution is -0.279. The highest BCUT2D eigenvalue weighted by Gasteiger charge is 2.54. The SMILES string of the molecule is NC(F)(F)C(F)(F)F. The number of rotatable bonds is 0. The van der Waals surface area contributed by atoms with Gasteiger partial charge < -0.3 is 0 Å². The molecule has 0 atom stereocenters. The van der Waals surface area contributed by atoms with Gasteiger partial charge in [-0.2, -0.15) is 22.0 Å². The Labute approximate surface area is 41.3 Å². The predicted octanol–water partition coefficient (Wildman–Crippen LogP) is 1.10. The molecule has 0 saturated heterocycles. The van der Waals surface area contributed by atoms with Crippen LogP contribution >= 0.6 is 0 Å². The second-order valence-corrected chi connectivity index (χ2v) is 1.12. The van der Waals surface area contributed by atoms with Crippen LogP contribution in [-0.4, -0.2) is 12.2 Å². The van der Waals surface area contributed by atoms with Gasteiger partial charge in [0.15, 0.2) is 0 Å². The van der Waals surface area contributed by atoms with Gasteiger partial charge in [-0.05, 0) is 0 Å². The predicted molar refractivity (Wildman–Crippen MR) is 15.2 cm³/mol. The van der Waals surface area contributed by atoms with E-state index in [2.05, 4.69) is 5.73 Å². The minimum absolute atomic E-state index is 3.35. The second-order valence-electron chi connectivity index (χ2n) is 1.12. The molecular formula is C2H2F5N. The van der Waals surface area contributed by atoms with Gasteiger partial charge in [0.05, 0.1) is 0 Å². The summed E-state index contributed by atoms with van der Waals surface area (Å²) in [5.74, 6) is 0. The summed E-state index contributed by atoms with van der Waals surface area (Å²) in [4.78, 5) is 0. The average Bonchev–Trinajstić information content (AvgIpc) is 1.25. The molecule has 0 rings (SSSR count). The molecule has 0 bridgehead atoms. The standard InChI is InChI=1S/C2H2F5N/c3-1(4,5)2(6,7)8/h8H2. The summed E-state index contributed by atoms with van der Waals surface area (Å²) in [7, 11) is 0. The second kappa shape index (κ2) is 1.54. The van der Waals surface area contributed by atoms with E-state index in [1.54, 1.807) is 0 Å². The van der Waals surface area contributed by atoms with Crippen molar-refractivity contribution in [3.8, 4) is 0 Å². The molecule has 0 fully saturated rings. The first-order valence-corrected chi connectivity index (χ1v) is 1.48. The molecule has 8 heavy (non-hydrogen) atoms. The smallest absolute Gasteiger partial charge is 0.264 e. The Bertz CT molecular complexity index is 65.4. The van der Waals surface area contributed by atoms with E-state index in [9.17, 15) is 22.0 Å². The van der Waals surface area contributed by atoms with Gasteiger partial charge in [-0.3, -0.25) is 5.73 Å². The van der Waals surface area contributed by atoms with Crippen molar-refractivity contribution in [1.82, 2.24) is 0 Å². The molecule has 0 saturated carbocycles. The summed E-state index contributed by atoms with van der Waals surface area (Å²) in [6.07, 6.45) is -5.62. The van der Waals surface area contributed by atoms with Crippen LogP contribution in [0.2, 0.25) is 0 Å². The molecule has 0 spiro atoms. The van der Waals surface area contributed by atoms with Crippen LogP contribution < -0.4 is 5.73 Å². The van der Waals surface area contributed by atoms with E-state index in [0.29, 0.717) is 0 Å². The van der Waals surface area contributed by atoms with Gasteiger partial charge in [0.25, 0.3) is 0 Å². The first kappa shape index (κ1) is 7.61. The van der Waals surface area contributed by atoms with Gasteiger partial charge in [-0.25, -0.2) is 0 Å². The summed E-state index contributed by atoms with van der Waals surface area (Å²) < 4.78 is 53.8. The summed E-state index contributed by atoms with van der Waals surface area (Å²) in [6, 6.07) is -5.06. The summed E-state index contributed by atoms with van der Waals surface area (Å²) >= 11 is 0. The molecule has 0 aliphatic carbocycles. The van der Waals surface area contributed by atoms with Crippen molar-refractivity contribution in [2.24, 2.45) is 5.73 Å². The molecule has 50 valence electrons. The molecule has 0 aliphatic rings. The van der Waals surface area contributed by atoms with Crippen LogP contribution in [0.15, 0.2) is 0 Å². The van der Waals surface area contributed by atoms with Crippen LogP contribution in [-0.2, 0) is 0 Å². The Balaban J connectivity index is 4.02. The minimum atomic E-state index is -5.62. The lowest BCUT2D eigenvalue weighted by Crippen LogP contribution is -2.44. The normalized spacial score (nSPS) is 14.2. The third-order valence-electron chi connectivity index (χ3n) is 0.378. The van der Waals surface area contributed by atoms with Crippen molar-refractivity contribution < 1.29 is 22.0 Å². The van der Waals surface area contributed by atoms with Crippen LogP contribution in [0.5, 0.6) is 0 Å². The monoisotopic (exact) mass is 135 g/mol. The maximum atomic E-state index is 10.9. The minimum Gasteiger partial charge on any atom is -0.264 e. The molecular weight excluding hydrogens is 133 g/mol. The number of alkyl halides is 5. The number of halogens is 5. The Morgan fingerprint density at radius 2 is 1.00 bits per heavy atom. The van der Waals surface area contributed by atoms with E-state index >= 15 is 0 Å². The quantitative estimate of drug-likeness (QED) is 0.390. The topological polar surface area (TPSA) is 26.0 Å². The highest BCUT2D eigenvalue weighted by molar-refractivity contribution is 4.65.